The van der Waals surface area contributed by atoms with E-state index in [-0.39, 0.29) is 41.3 Å². The molecule has 0 aromatic heterocycles. The van der Waals surface area contributed by atoms with Crippen LogP contribution in [-0.2, 0) is 9.59 Å². The molecular weight excluding hydrogens is 390 g/mol. The zero-order chi connectivity index (χ0) is 20.2. The SMILES string of the molecule is O=C1CN(CCN2CCCC2)C(=O)[C@]2(CSC3=C2C(=O)c2ccccc2C3=O)N1. The van der Waals surface area contributed by atoms with Gasteiger partial charge in [0.15, 0.2) is 11.3 Å². The van der Waals surface area contributed by atoms with E-state index in [9.17, 15) is 19.2 Å². The van der Waals surface area contributed by atoms with Gasteiger partial charge in [0.2, 0.25) is 11.7 Å². The van der Waals surface area contributed by atoms with E-state index in [2.05, 4.69) is 10.2 Å². The second kappa shape index (κ2) is 6.81. The fourth-order valence-corrected chi connectivity index (χ4v) is 6.05. The van der Waals surface area contributed by atoms with Gasteiger partial charge < -0.3 is 15.1 Å². The van der Waals surface area contributed by atoms with Crippen LogP contribution >= 0.6 is 11.8 Å². The average Bonchev–Trinajstić information content (AvgIpc) is 3.37. The fraction of sp³-hybridized carbons (Fsp3) is 0.429. The number of Topliss-reactive ketones (excluding diaryl/α,β-unsaturated/α-hetero) is 2. The van der Waals surface area contributed by atoms with Crippen molar-refractivity contribution < 1.29 is 19.2 Å². The summed E-state index contributed by atoms with van der Waals surface area (Å²) in [6.07, 6.45) is 2.31. The number of thioether (sulfide) groups is 1. The summed E-state index contributed by atoms with van der Waals surface area (Å²) in [5.41, 5.74) is -0.633. The van der Waals surface area contributed by atoms with Crippen molar-refractivity contribution in [3.8, 4) is 0 Å². The van der Waals surface area contributed by atoms with Gasteiger partial charge in [-0.1, -0.05) is 24.3 Å². The minimum Gasteiger partial charge on any atom is -0.336 e. The van der Waals surface area contributed by atoms with E-state index in [4.69, 9.17) is 0 Å². The van der Waals surface area contributed by atoms with Crippen LogP contribution in [0.25, 0.3) is 0 Å². The van der Waals surface area contributed by atoms with Crippen LogP contribution in [0.4, 0.5) is 0 Å². The number of nitrogens with one attached hydrogen (secondary N) is 1. The number of hydrogen-bond acceptors (Lipinski definition) is 6. The number of likely N-dealkylation sites (tertiary alicyclic amines) is 1. The lowest BCUT2D eigenvalue weighted by Gasteiger charge is -2.41. The zero-order valence-electron chi connectivity index (χ0n) is 15.9. The number of allylic oxidation sites excluding steroid dienone is 1. The van der Waals surface area contributed by atoms with Crippen LogP contribution in [-0.4, -0.2) is 77.2 Å². The smallest absolute Gasteiger partial charge is 0.254 e. The largest absolute Gasteiger partial charge is 0.336 e. The van der Waals surface area contributed by atoms with Gasteiger partial charge in [0, 0.05) is 30.0 Å². The number of carbonyl (C=O) groups excluding carboxylic acids is 4. The first-order chi connectivity index (χ1) is 14.0. The molecule has 3 heterocycles. The molecule has 2 fully saturated rings. The lowest BCUT2D eigenvalue weighted by atomic mass is 9.78. The van der Waals surface area contributed by atoms with Crippen LogP contribution in [0.15, 0.2) is 34.7 Å². The number of fused-ring (bicyclic) bond motifs is 2. The summed E-state index contributed by atoms with van der Waals surface area (Å²) in [6, 6.07) is 6.66. The molecule has 1 aliphatic carbocycles. The van der Waals surface area contributed by atoms with Crippen molar-refractivity contribution in [1.82, 2.24) is 15.1 Å². The fourth-order valence-electron chi connectivity index (χ4n) is 4.69. The topological polar surface area (TPSA) is 86.8 Å². The number of ketones is 2. The van der Waals surface area contributed by atoms with Crippen molar-refractivity contribution >= 4 is 35.1 Å². The Morgan fingerprint density at radius 3 is 2.38 bits per heavy atom. The first-order valence-electron chi connectivity index (χ1n) is 9.90. The van der Waals surface area contributed by atoms with Crippen LogP contribution in [0.3, 0.4) is 0 Å². The van der Waals surface area contributed by atoms with E-state index in [1.54, 1.807) is 29.2 Å². The van der Waals surface area contributed by atoms with Crippen LogP contribution < -0.4 is 5.32 Å². The minimum atomic E-state index is -1.44. The Morgan fingerprint density at radius 1 is 0.966 bits per heavy atom. The van der Waals surface area contributed by atoms with Crippen LogP contribution in [0.2, 0.25) is 0 Å². The highest BCUT2D eigenvalue weighted by atomic mass is 32.2. The van der Waals surface area contributed by atoms with Crippen molar-refractivity contribution in [2.75, 3.05) is 38.5 Å². The highest BCUT2D eigenvalue weighted by molar-refractivity contribution is 8.04. The van der Waals surface area contributed by atoms with Crippen molar-refractivity contribution in [2.45, 2.75) is 18.4 Å². The van der Waals surface area contributed by atoms with Crippen molar-refractivity contribution in [3.05, 3.63) is 45.9 Å². The van der Waals surface area contributed by atoms with Gasteiger partial charge in [-0.05, 0) is 25.9 Å². The van der Waals surface area contributed by atoms with Gasteiger partial charge >= 0.3 is 0 Å². The van der Waals surface area contributed by atoms with E-state index >= 15 is 0 Å². The second-order valence-corrected chi connectivity index (χ2v) is 8.91. The normalized spacial score (nSPS) is 27.0. The third-order valence-corrected chi connectivity index (χ3v) is 7.42. The number of rotatable bonds is 3. The monoisotopic (exact) mass is 411 g/mol. The summed E-state index contributed by atoms with van der Waals surface area (Å²) in [5, 5.41) is 2.78. The third-order valence-electron chi connectivity index (χ3n) is 6.16. The number of carbonyl (C=O) groups is 4. The molecule has 1 spiro atoms. The maximum Gasteiger partial charge on any atom is 0.254 e. The minimum absolute atomic E-state index is 0.0135. The predicted molar refractivity (Wildman–Crippen MR) is 108 cm³/mol. The predicted octanol–water partition coefficient (Wildman–Crippen LogP) is 0.859. The average molecular weight is 411 g/mol. The van der Waals surface area contributed by atoms with Gasteiger partial charge in [0.25, 0.3) is 5.91 Å². The number of benzene rings is 1. The standard InChI is InChI=1S/C21H21N3O4S/c25-15-11-24(10-9-23-7-3-4-8-23)20(28)21(22-15)12-29-19-16(21)17(26)13-5-1-2-6-14(13)18(19)27/h1-2,5-6H,3-4,7-12H2,(H,22,25)/t21-/m1/s1. The van der Waals surface area contributed by atoms with Gasteiger partial charge in [-0.25, -0.2) is 0 Å². The van der Waals surface area contributed by atoms with Gasteiger partial charge in [-0.2, -0.15) is 0 Å². The van der Waals surface area contributed by atoms with E-state index in [0.717, 1.165) is 25.9 Å². The lowest BCUT2D eigenvalue weighted by Crippen LogP contribution is -2.69. The maximum absolute atomic E-state index is 13.5. The van der Waals surface area contributed by atoms with Crippen molar-refractivity contribution in [2.24, 2.45) is 0 Å². The zero-order valence-corrected chi connectivity index (χ0v) is 16.7. The molecule has 3 aliphatic heterocycles. The molecule has 29 heavy (non-hydrogen) atoms. The molecule has 0 radical (unpaired) electrons. The molecule has 0 saturated carbocycles. The van der Waals surface area contributed by atoms with E-state index in [1.807, 2.05) is 0 Å². The summed E-state index contributed by atoms with van der Waals surface area (Å²) in [5.74, 6) is -0.981. The van der Waals surface area contributed by atoms with Gasteiger partial charge in [-0.15, -0.1) is 11.8 Å². The molecule has 1 atom stereocenters. The van der Waals surface area contributed by atoms with Gasteiger partial charge in [0.05, 0.1) is 17.0 Å². The Bertz CT molecular complexity index is 982. The molecule has 2 saturated heterocycles. The Labute approximate surface area is 172 Å². The molecule has 0 bridgehead atoms. The first-order valence-corrected chi connectivity index (χ1v) is 10.9. The number of hydrogen-bond donors (Lipinski definition) is 1. The van der Waals surface area contributed by atoms with E-state index < -0.39 is 5.54 Å². The summed E-state index contributed by atoms with van der Waals surface area (Å²) in [7, 11) is 0. The third kappa shape index (κ3) is 2.77. The molecule has 150 valence electrons. The van der Waals surface area contributed by atoms with Gasteiger partial charge in [0.1, 0.15) is 0 Å². The molecule has 4 aliphatic rings. The Hall–Kier alpha value is -2.45. The molecule has 1 N–H and O–H groups in total. The number of piperazine rings is 1. The highest BCUT2D eigenvalue weighted by Gasteiger charge is 2.58. The Morgan fingerprint density at radius 2 is 1.66 bits per heavy atom. The summed E-state index contributed by atoms with van der Waals surface area (Å²) >= 11 is 1.19. The van der Waals surface area contributed by atoms with E-state index in [1.165, 1.54) is 11.8 Å². The van der Waals surface area contributed by atoms with Crippen LogP contribution in [0, 0.1) is 0 Å². The molecule has 1 aromatic rings. The Balaban J connectivity index is 1.49. The molecule has 8 heteroatoms. The maximum atomic E-state index is 13.5. The molecule has 5 rings (SSSR count). The highest BCUT2D eigenvalue weighted by Crippen LogP contribution is 2.46. The van der Waals surface area contributed by atoms with E-state index in [0.29, 0.717) is 29.1 Å². The van der Waals surface area contributed by atoms with Crippen LogP contribution in [0.1, 0.15) is 33.6 Å². The summed E-state index contributed by atoms with van der Waals surface area (Å²) in [6.45, 7) is 3.16. The molecule has 2 amide bonds. The second-order valence-electron chi connectivity index (χ2n) is 7.93. The lowest BCUT2D eigenvalue weighted by molar-refractivity contribution is -0.147. The number of nitrogens with zero attached hydrogens (tertiary/aromatic N) is 2. The number of amides is 2. The quantitative estimate of drug-likeness (QED) is 0.794. The van der Waals surface area contributed by atoms with Crippen molar-refractivity contribution in [1.29, 1.82) is 0 Å². The summed E-state index contributed by atoms with van der Waals surface area (Å²) in [4.78, 5) is 56.4. The molecular formula is C21H21N3O4S. The molecule has 1 aromatic carbocycles. The van der Waals surface area contributed by atoms with Crippen molar-refractivity contribution in [3.63, 3.8) is 0 Å². The molecule has 7 nitrogen and oxygen atoms in total. The molecule has 0 unspecified atom stereocenters. The summed E-state index contributed by atoms with van der Waals surface area (Å²) < 4.78 is 0. The van der Waals surface area contributed by atoms with Crippen LogP contribution in [0.5, 0.6) is 0 Å². The van der Waals surface area contributed by atoms with Gasteiger partial charge in [-0.3, -0.25) is 19.2 Å². The Kier molecular flexibility index (Phi) is 4.36. The first kappa shape index (κ1) is 18.6.